The van der Waals surface area contributed by atoms with Crippen LogP contribution in [0.25, 0.3) is 0 Å². The molecule has 1 N–H and O–H groups in total. The van der Waals surface area contributed by atoms with E-state index in [4.69, 9.17) is 4.74 Å². The zero-order chi connectivity index (χ0) is 15.4. The Morgan fingerprint density at radius 1 is 1.29 bits per heavy atom. The van der Waals surface area contributed by atoms with Crippen molar-refractivity contribution in [2.24, 2.45) is 0 Å². The van der Waals surface area contributed by atoms with Crippen molar-refractivity contribution in [3.8, 4) is 5.75 Å². The number of anilines is 1. The lowest BCUT2D eigenvalue weighted by molar-refractivity contribution is 0.102. The minimum atomic E-state index is -0.409. The van der Waals surface area contributed by atoms with E-state index >= 15 is 0 Å². The van der Waals surface area contributed by atoms with Crippen molar-refractivity contribution in [2.45, 2.75) is 13.8 Å². The van der Waals surface area contributed by atoms with E-state index in [1.54, 1.807) is 13.0 Å². The summed E-state index contributed by atoms with van der Waals surface area (Å²) in [7, 11) is 0. The summed E-state index contributed by atoms with van der Waals surface area (Å²) in [4.78, 5) is 12.3. The summed E-state index contributed by atoms with van der Waals surface area (Å²) in [5.41, 5.74) is 2.00. The van der Waals surface area contributed by atoms with Gasteiger partial charge >= 0.3 is 0 Å². The van der Waals surface area contributed by atoms with Crippen LogP contribution in [0.1, 0.15) is 22.8 Å². The van der Waals surface area contributed by atoms with Gasteiger partial charge in [0.2, 0.25) is 0 Å². The van der Waals surface area contributed by atoms with Crippen LogP contribution < -0.4 is 10.1 Å². The second-order valence-electron chi connectivity index (χ2n) is 4.51. The number of carbonyl (C=O) groups excluding carboxylic acids is 1. The minimum Gasteiger partial charge on any atom is -0.492 e. The Morgan fingerprint density at radius 3 is 2.71 bits per heavy atom. The monoisotopic (exact) mass is 351 g/mol. The van der Waals surface area contributed by atoms with Crippen LogP contribution in [0, 0.1) is 12.7 Å². The standard InChI is InChI=1S/C16H15BrFNO2/c1-3-21-15-9-11(18)5-7-14(15)19-16(20)12-6-4-10(2)8-13(12)17/h4-9H,3H2,1-2H3,(H,19,20). The van der Waals surface area contributed by atoms with Crippen LogP contribution in [0.4, 0.5) is 10.1 Å². The second-order valence-corrected chi connectivity index (χ2v) is 5.37. The molecule has 0 aliphatic heterocycles. The Morgan fingerprint density at radius 2 is 2.05 bits per heavy atom. The van der Waals surface area contributed by atoms with Crippen LogP contribution >= 0.6 is 15.9 Å². The summed E-state index contributed by atoms with van der Waals surface area (Å²) in [6.45, 7) is 4.13. The molecule has 0 saturated heterocycles. The predicted molar refractivity (Wildman–Crippen MR) is 84.4 cm³/mol. The topological polar surface area (TPSA) is 38.3 Å². The van der Waals surface area contributed by atoms with Crippen LogP contribution in [0.15, 0.2) is 40.9 Å². The van der Waals surface area contributed by atoms with E-state index in [0.717, 1.165) is 5.56 Å². The van der Waals surface area contributed by atoms with Gasteiger partial charge in [-0.3, -0.25) is 4.79 Å². The highest BCUT2D eigenvalue weighted by Crippen LogP contribution is 2.27. The number of rotatable bonds is 4. The fourth-order valence-corrected chi connectivity index (χ4v) is 2.54. The first-order chi connectivity index (χ1) is 10.0. The van der Waals surface area contributed by atoms with Crippen molar-refractivity contribution in [1.29, 1.82) is 0 Å². The molecule has 0 bridgehead atoms. The van der Waals surface area contributed by atoms with Gasteiger partial charge in [0.15, 0.2) is 0 Å². The first-order valence-electron chi connectivity index (χ1n) is 6.51. The van der Waals surface area contributed by atoms with Gasteiger partial charge in [-0.25, -0.2) is 4.39 Å². The van der Waals surface area contributed by atoms with Gasteiger partial charge in [-0.15, -0.1) is 0 Å². The number of hydrogen-bond acceptors (Lipinski definition) is 2. The van der Waals surface area contributed by atoms with Gasteiger partial charge in [-0.05, 0) is 59.6 Å². The Hall–Kier alpha value is -1.88. The Bertz CT molecular complexity index is 673. The van der Waals surface area contributed by atoms with Gasteiger partial charge < -0.3 is 10.1 Å². The molecule has 1 amide bonds. The molecule has 0 unspecified atom stereocenters. The van der Waals surface area contributed by atoms with Crippen molar-refractivity contribution in [3.05, 3.63) is 57.8 Å². The Balaban J connectivity index is 2.27. The van der Waals surface area contributed by atoms with E-state index in [-0.39, 0.29) is 5.91 Å². The van der Waals surface area contributed by atoms with Crippen molar-refractivity contribution >= 4 is 27.5 Å². The number of amides is 1. The van der Waals surface area contributed by atoms with Gasteiger partial charge in [0.1, 0.15) is 11.6 Å². The van der Waals surface area contributed by atoms with Crippen LogP contribution in [0.2, 0.25) is 0 Å². The van der Waals surface area contributed by atoms with E-state index in [0.29, 0.717) is 28.1 Å². The normalized spacial score (nSPS) is 10.3. The maximum atomic E-state index is 13.2. The van der Waals surface area contributed by atoms with Crippen molar-refractivity contribution in [3.63, 3.8) is 0 Å². The molecule has 0 aromatic heterocycles. The van der Waals surface area contributed by atoms with Crippen LogP contribution in [-0.2, 0) is 0 Å². The molecular formula is C16H15BrFNO2. The molecule has 110 valence electrons. The molecule has 3 nitrogen and oxygen atoms in total. The highest BCUT2D eigenvalue weighted by molar-refractivity contribution is 9.10. The third-order valence-corrected chi connectivity index (χ3v) is 3.52. The lowest BCUT2D eigenvalue weighted by Gasteiger charge is -2.12. The maximum Gasteiger partial charge on any atom is 0.256 e. The van der Waals surface area contributed by atoms with E-state index in [2.05, 4.69) is 21.2 Å². The molecule has 0 heterocycles. The number of aryl methyl sites for hydroxylation is 1. The highest BCUT2D eigenvalue weighted by Gasteiger charge is 2.13. The summed E-state index contributed by atoms with van der Waals surface area (Å²) in [6.07, 6.45) is 0. The van der Waals surface area contributed by atoms with Gasteiger partial charge in [-0.1, -0.05) is 6.07 Å². The number of halogens is 2. The Kier molecular flexibility index (Phi) is 4.96. The largest absolute Gasteiger partial charge is 0.492 e. The lowest BCUT2D eigenvalue weighted by atomic mass is 10.1. The average molecular weight is 352 g/mol. The minimum absolute atomic E-state index is 0.283. The summed E-state index contributed by atoms with van der Waals surface area (Å²) in [5.74, 6) is -0.378. The summed E-state index contributed by atoms with van der Waals surface area (Å²) in [5, 5.41) is 2.74. The van der Waals surface area contributed by atoms with E-state index in [1.165, 1.54) is 18.2 Å². The van der Waals surface area contributed by atoms with Gasteiger partial charge in [0.25, 0.3) is 5.91 Å². The SMILES string of the molecule is CCOc1cc(F)ccc1NC(=O)c1ccc(C)cc1Br. The zero-order valence-electron chi connectivity index (χ0n) is 11.7. The van der Waals surface area contributed by atoms with Gasteiger partial charge in [-0.2, -0.15) is 0 Å². The quantitative estimate of drug-likeness (QED) is 0.877. The number of hydrogen-bond donors (Lipinski definition) is 1. The molecule has 2 aromatic rings. The molecule has 2 aromatic carbocycles. The molecule has 0 atom stereocenters. The fraction of sp³-hybridized carbons (Fsp3) is 0.188. The molecule has 5 heteroatoms. The number of benzene rings is 2. The lowest BCUT2D eigenvalue weighted by Crippen LogP contribution is -2.13. The zero-order valence-corrected chi connectivity index (χ0v) is 13.3. The van der Waals surface area contributed by atoms with Crippen LogP contribution in [0.3, 0.4) is 0 Å². The molecule has 0 radical (unpaired) electrons. The number of carbonyl (C=O) groups is 1. The van der Waals surface area contributed by atoms with Crippen LogP contribution in [-0.4, -0.2) is 12.5 Å². The van der Waals surface area contributed by atoms with Crippen LogP contribution in [0.5, 0.6) is 5.75 Å². The average Bonchev–Trinajstić information content (AvgIpc) is 2.42. The van der Waals surface area contributed by atoms with Gasteiger partial charge in [0, 0.05) is 10.5 Å². The van der Waals surface area contributed by atoms with Gasteiger partial charge in [0.05, 0.1) is 17.9 Å². The number of ether oxygens (including phenoxy) is 1. The molecule has 0 aliphatic carbocycles. The Labute approximate surface area is 131 Å². The molecule has 0 fully saturated rings. The fourth-order valence-electron chi connectivity index (χ4n) is 1.87. The molecular weight excluding hydrogens is 337 g/mol. The second kappa shape index (κ2) is 6.72. The summed E-state index contributed by atoms with van der Waals surface area (Å²) >= 11 is 3.37. The first kappa shape index (κ1) is 15.5. The van der Waals surface area contributed by atoms with Crippen molar-refractivity contribution < 1.29 is 13.9 Å². The highest BCUT2D eigenvalue weighted by atomic mass is 79.9. The van der Waals surface area contributed by atoms with E-state index in [9.17, 15) is 9.18 Å². The third-order valence-electron chi connectivity index (χ3n) is 2.86. The van der Waals surface area contributed by atoms with E-state index in [1.807, 2.05) is 19.1 Å². The molecule has 2 rings (SSSR count). The maximum absolute atomic E-state index is 13.2. The molecule has 0 saturated carbocycles. The summed E-state index contributed by atoms with van der Waals surface area (Å²) < 4.78 is 19.3. The van der Waals surface area contributed by atoms with E-state index < -0.39 is 5.82 Å². The summed E-state index contributed by atoms with van der Waals surface area (Å²) in [6, 6.07) is 9.47. The molecule has 0 aliphatic rings. The third kappa shape index (κ3) is 3.82. The first-order valence-corrected chi connectivity index (χ1v) is 7.30. The van der Waals surface area contributed by atoms with Crippen molar-refractivity contribution in [1.82, 2.24) is 0 Å². The molecule has 0 spiro atoms. The predicted octanol–water partition coefficient (Wildman–Crippen LogP) is 4.55. The smallest absolute Gasteiger partial charge is 0.256 e. The van der Waals surface area contributed by atoms with Crippen molar-refractivity contribution in [2.75, 3.05) is 11.9 Å². The molecule has 21 heavy (non-hydrogen) atoms. The number of nitrogens with one attached hydrogen (secondary N) is 1.